The highest BCUT2D eigenvalue weighted by Crippen LogP contribution is 2.29. The van der Waals surface area contributed by atoms with Gasteiger partial charge in [0.25, 0.3) is 0 Å². The van der Waals surface area contributed by atoms with Gasteiger partial charge in [-0.05, 0) is 26.0 Å². The van der Waals surface area contributed by atoms with E-state index >= 15 is 0 Å². The third-order valence-corrected chi connectivity index (χ3v) is 3.59. The summed E-state index contributed by atoms with van der Waals surface area (Å²) in [5, 5.41) is 12.7. The summed E-state index contributed by atoms with van der Waals surface area (Å²) in [7, 11) is 0. The van der Waals surface area contributed by atoms with Crippen molar-refractivity contribution in [3.05, 3.63) is 34.3 Å². The van der Waals surface area contributed by atoms with E-state index in [4.69, 9.17) is 10.8 Å². The first-order chi connectivity index (χ1) is 8.49. The fraction of sp³-hybridized carbons (Fsp3) is 0.167. The van der Waals surface area contributed by atoms with Gasteiger partial charge in [0.05, 0.1) is 22.6 Å². The molecule has 1 aromatic heterocycles. The van der Waals surface area contributed by atoms with Gasteiger partial charge >= 0.3 is 5.97 Å². The highest BCUT2D eigenvalue weighted by molar-refractivity contribution is 7.15. The molecule has 2 aromatic rings. The normalized spacial score (nSPS) is 10.3. The van der Waals surface area contributed by atoms with Crippen LogP contribution in [0, 0.1) is 13.8 Å². The first-order valence-electron chi connectivity index (χ1n) is 5.32. The zero-order valence-electron chi connectivity index (χ0n) is 10.0. The number of anilines is 3. The van der Waals surface area contributed by atoms with Crippen molar-refractivity contribution in [2.75, 3.05) is 11.1 Å². The van der Waals surface area contributed by atoms with E-state index in [1.165, 1.54) is 17.4 Å². The Hall–Kier alpha value is -2.08. The zero-order valence-corrected chi connectivity index (χ0v) is 10.8. The van der Waals surface area contributed by atoms with Gasteiger partial charge in [-0.2, -0.15) is 0 Å². The third kappa shape index (κ3) is 2.28. The largest absolute Gasteiger partial charge is 0.478 e. The van der Waals surface area contributed by atoms with Crippen LogP contribution < -0.4 is 11.1 Å². The molecule has 18 heavy (non-hydrogen) atoms. The second-order valence-corrected chi connectivity index (χ2v) is 5.06. The van der Waals surface area contributed by atoms with Crippen molar-refractivity contribution < 1.29 is 9.90 Å². The van der Waals surface area contributed by atoms with Crippen LogP contribution in [0.15, 0.2) is 18.2 Å². The molecule has 0 aliphatic rings. The van der Waals surface area contributed by atoms with Gasteiger partial charge in [0.1, 0.15) is 0 Å². The summed E-state index contributed by atoms with van der Waals surface area (Å²) in [6.45, 7) is 3.91. The second-order valence-electron chi connectivity index (χ2n) is 3.86. The Kier molecular flexibility index (Phi) is 3.20. The minimum atomic E-state index is -1.04. The number of aromatic carboxylic acids is 1. The molecular formula is C12H13N3O2S. The summed E-state index contributed by atoms with van der Waals surface area (Å²) in [5.74, 6) is -1.04. The number of nitrogen functional groups attached to an aromatic ring is 1. The fourth-order valence-electron chi connectivity index (χ4n) is 1.50. The molecule has 0 saturated heterocycles. The van der Waals surface area contributed by atoms with E-state index in [0.717, 1.165) is 10.6 Å². The van der Waals surface area contributed by atoms with Gasteiger partial charge < -0.3 is 16.2 Å². The van der Waals surface area contributed by atoms with Gasteiger partial charge in [-0.3, -0.25) is 0 Å². The van der Waals surface area contributed by atoms with Crippen LogP contribution in [-0.2, 0) is 0 Å². The maximum absolute atomic E-state index is 11.0. The van der Waals surface area contributed by atoms with Crippen LogP contribution in [0.5, 0.6) is 0 Å². The Morgan fingerprint density at radius 3 is 2.72 bits per heavy atom. The number of hydrogen-bond donors (Lipinski definition) is 3. The van der Waals surface area contributed by atoms with Gasteiger partial charge in [0, 0.05) is 4.88 Å². The van der Waals surface area contributed by atoms with E-state index in [0.29, 0.717) is 10.8 Å². The van der Waals surface area contributed by atoms with Crippen LogP contribution in [-0.4, -0.2) is 16.1 Å². The van der Waals surface area contributed by atoms with Crippen molar-refractivity contribution in [2.45, 2.75) is 13.8 Å². The summed E-state index contributed by atoms with van der Waals surface area (Å²) in [6, 6.07) is 4.85. The summed E-state index contributed by atoms with van der Waals surface area (Å²) in [5.41, 5.74) is 7.63. The minimum absolute atomic E-state index is 0.0880. The number of nitrogens with two attached hydrogens (primary N) is 1. The molecule has 0 bridgehead atoms. The second kappa shape index (κ2) is 4.66. The molecule has 1 aromatic carbocycles. The third-order valence-electron chi connectivity index (χ3n) is 2.61. The van der Waals surface area contributed by atoms with E-state index in [2.05, 4.69) is 10.3 Å². The molecule has 0 amide bonds. The average molecular weight is 263 g/mol. The number of aryl methyl sites for hydroxylation is 2. The average Bonchev–Trinajstić information content (AvgIpc) is 2.60. The number of benzene rings is 1. The monoisotopic (exact) mass is 263 g/mol. The van der Waals surface area contributed by atoms with Crippen molar-refractivity contribution in [1.82, 2.24) is 4.98 Å². The lowest BCUT2D eigenvalue weighted by Crippen LogP contribution is -2.05. The molecule has 0 spiro atoms. The number of nitrogens with zero attached hydrogens (tertiary/aromatic N) is 1. The molecule has 0 radical (unpaired) electrons. The molecule has 0 fully saturated rings. The van der Waals surface area contributed by atoms with Gasteiger partial charge in [0.2, 0.25) is 0 Å². The first-order valence-corrected chi connectivity index (χ1v) is 6.13. The number of aromatic nitrogens is 1. The van der Waals surface area contributed by atoms with E-state index in [9.17, 15) is 4.79 Å². The van der Waals surface area contributed by atoms with Crippen LogP contribution >= 0.6 is 11.3 Å². The SMILES string of the molecule is Cc1nc(Nc2cccc(C(=O)O)c2N)sc1C. The Morgan fingerprint density at radius 2 is 2.17 bits per heavy atom. The highest BCUT2D eigenvalue weighted by Gasteiger charge is 2.12. The number of para-hydroxylation sites is 1. The van der Waals surface area contributed by atoms with Crippen molar-refractivity contribution in [1.29, 1.82) is 0 Å². The standard InChI is InChI=1S/C12H13N3O2S/c1-6-7(2)18-12(14-6)15-9-5-3-4-8(10(9)13)11(16)17/h3-5H,13H2,1-2H3,(H,14,15)(H,16,17). The van der Waals surface area contributed by atoms with Crippen molar-refractivity contribution in [2.24, 2.45) is 0 Å². The van der Waals surface area contributed by atoms with Gasteiger partial charge in [-0.15, -0.1) is 11.3 Å². The maximum Gasteiger partial charge on any atom is 0.337 e. The predicted molar refractivity (Wildman–Crippen MR) is 72.7 cm³/mol. The Labute approximate surface area is 108 Å². The predicted octanol–water partition coefficient (Wildman–Crippen LogP) is 2.78. The molecule has 0 atom stereocenters. The van der Waals surface area contributed by atoms with Crippen LogP contribution in [0.3, 0.4) is 0 Å². The number of carbonyl (C=O) groups is 1. The lowest BCUT2D eigenvalue weighted by molar-refractivity contribution is 0.0698. The number of thiazole rings is 1. The van der Waals surface area contributed by atoms with E-state index in [-0.39, 0.29) is 11.3 Å². The van der Waals surface area contributed by atoms with Crippen LogP contribution in [0.25, 0.3) is 0 Å². The Bertz CT molecular complexity index is 588. The van der Waals surface area contributed by atoms with Gasteiger partial charge in [-0.1, -0.05) is 6.07 Å². The fourth-order valence-corrected chi connectivity index (χ4v) is 2.33. The number of rotatable bonds is 3. The zero-order chi connectivity index (χ0) is 13.3. The number of carboxylic acid groups (broad SMARTS) is 1. The van der Waals surface area contributed by atoms with Crippen LogP contribution in [0.2, 0.25) is 0 Å². The number of carboxylic acids is 1. The molecule has 0 aliphatic heterocycles. The summed E-state index contributed by atoms with van der Waals surface area (Å²) < 4.78 is 0. The van der Waals surface area contributed by atoms with Gasteiger partial charge in [-0.25, -0.2) is 9.78 Å². The maximum atomic E-state index is 11.0. The summed E-state index contributed by atoms with van der Waals surface area (Å²) in [4.78, 5) is 16.4. The molecule has 2 rings (SSSR count). The molecule has 0 unspecified atom stereocenters. The summed E-state index contributed by atoms with van der Waals surface area (Å²) in [6.07, 6.45) is 0. The number of nitrogens with one attached hydrogen (secondary N) is 1. The molecule has 4 N–H and O–H groups in total. The van der Waals surface area contributed by atoms with E-state index in [1.54, 1.807) is 12.1 Å². The minimum Gasteiger partial charge on any atom is -0.478 e. The first kappa shape index (κ1) is 12.4. The molecule has 1 heterocycles. The van der Waals surface area contributed by atoms with Crippen LogP contribution in [0.1, 0.15) is 20.9 Å². The lowest BCUT2D eigenvalue weighted by Gasteiger charge is -2.08. The lowest BCUT2D eigenvalue weighted by atomic mass is 10.1. The number of hydrogen-bond acceptors (Lipinski definition) is 5. The quantitative estimate of drug-likeness (QED) is 0.741. The smallest absolute Gasteiger partial charge is 0.337 e. The molecule has 0 aliphatic carbocycles. The molecule has 6 heteroatoms. The van der Waals surface area contributed by atoms with Gasteiger partial charge in [0.15, 0.2) is 5.13 Å². The van der Waals surface area contributed by atoms with Crippen LogP contribution in [0.4, 0.5) is 16.5 Å². The molecule has 0 saturated carbocycles. The van der Waals surface area contributed by atoms with Crippen molar-refractivity contribution >= 4 is 33.8 Å². The Morgan fingerprint density at radius 1 is 1.44 bits per heavy atom. The molecule has 94 valence electrons. The van der Waals surface area contributed by atoms with Crippen molar-refractivity contribution in [3.63, 3.8) is 0 Å². The van der Waals surface area contributed by atoms with E-state index in [1.807, 2.05) is 13.8 Å². The van der Waals surface area contributed by atoms with Crippen molar-refractivity contribution in [3.8, 4) is 0 Å². The Balaban J connectivity index is 2.35. The molecule has 5 nitrogen and oxygen atoms in total. The summed E-state index contributed by atoms with van der Waals surface area (Å²) >= 11 is 1.51. The molecular weight excluding hydrogens is 250 g/mol. The highest BCUT2D eigenvalue weighted by atomic mass is 32.1. The van der Waals surface area contributed by atoms with E-state index < -0.39 is 5.97 Å². The topological polar surface area (TPSA) is 88.2 Å².